The molecule has 0 bridgehead atoms. The van der Waals surface area contributed by atoms with E-state index in [9.17, 15) is 4.79 Å². The highest BCUT2D eigenvalue weighted by molar-refractivity contribution is 5.81. The van der Waals surface area contributed by atoms with Crippen molar-refractivity contribution < 1.29 is 4.79 Å². The molecule has 1 unspecified atom stereocenters. The van der Waals surface area contributed by atoms with Crippen molar-refractivity contribution in [2.45, 2.75) is 40.0 Å². The Kier molecular flexibility index (Phi) is 4.69. The maximum absolute atomic E-state index is 12.5. The van der Waals surface area contributed by atoms with Crippen molar-refractivity contribution in [1.29, 1.82) is 0 Å². The van der Waals surface area contributed by atoms with Gasteiger partial charge in [-0.1, -0.05) is 26.8 Å². The molecule has 5 nitrogen and oxygen atoms in total. The molecule has 24 heavy (non-hydrogen) atoms. The average molecular weight is 326 g/mol. The number of H-pyrrole nitrogens is 1. The Morgan fingerprint density at radius 3 is 2.79 bits per heavy atom. The van der Waals surface area contributed by atoms with Crippen molar-refractivity contribution in [1.82, 2.24) is 20.1 Å². The molecule has 0 aliphatic carbocycles. The van der Waals surface area contributed by atoms with Gasteiger partial charge < -0.3 is 4.90 Å². The van der Waals surface area contributed by atoms with Crippen LogP contribution < -0.4 is 0 Å². The van der Waals surface area contributed by atoms with Gasteiger partial charge in [0.15, 0.2) is 0 Å². The molecule has 3 rings (SSSR count). The van der Waals surface area contributed by atoms with E-state index in [-0.39, 0.29) is 11.3 Å². The van der Waals surface area contributed by atoms with Gasteiger partial charge in [-0.25, -0.2) is 0 Å². The number of carbonyl (C=O) groups is 1. The predicted molar refractivity (Wildman–Crippen MR) is 94.3 cm³/mol. The summed E-state index contributed by atoms with van der Waals surface area (Å²) >= 11 is 0. The Morgan fingerprint density at radius 1 is 1.33 bits per heavy atom. The van der Waals surface area contributed by atoms with Crippen LogP contribution in [0, 0.1) is 11.3 Å². The zero-order chi connectivity index (χ0) is 17.2. The summed E-state index contributed by atoms with van der Waals surface area (Å²) in [5, 5.41) is 6.89. The van der Waals surface area contributed by atoms with Crippen molar-refractivity contribution in [2.75, 3.05) is 13.1 Å². The number of rotatable bonds is 3. The van der Waals surface area contributed by atoms with Crippen LogP contribution in [0.1, 0.15) is 39.2 Å². The Morgan fingerprint density at radius 2 is 2.17 bits per heavy atom. The zero-order valence-electron chi connectivity index (χ0n) is 14.7. The maximum atomic E-state index is 12.5. The fraction of sp³-hybridized carbons (Fsp3) is 0.526. The van der Waals surface area contributed by atoms with Crippen LogP contribution in [0.2, 0.25) is 0 Å². The summed E-state index contributed by atoms with van der Waals surface area (Å²) in [5.41, 5.74) is 2.77. The normalized spacial score (nSPS) is 18.6. The van der Waals surface area contributed by atoms with Crippen molar-refractivity contribution in [3.63, 3.8) is 0 Å². The monoisotopic (exact) mass is 326 g/mol. The van der Waals surface area contributed by atoms with Crippen LogP contribution in [0.3, 0.4) is 0 Å². The lowest BCUT2D eigenvalue weighted by Crippen LogP contribution is -2.45. The lowest BCUT2D eigenvalue weighted by molar-refractivity contribution is -0.141. The second-order valence-electron chi connectivity index (χ2n) is 7.74. The van der Waals surface area contributed by atoms with Gasteiger partial charge >= 0.3 is 0 Å². The van der Waals surface area contributed by atoms with E-state index in [0.717, 1.165) is 37.3 Å². The molecule has 0 aromatic carbocycles. The molecule has 0 spiro atoms. The Bertz CT molecular complexity index is 670. The third-order valence-electron chi connectivity index (χ3n) is 4.57. The number of pyridine rings is 1. The van der Waals surface area contributed by atoms with Crippen LogP contribution in [-0.2, 0) is 11.2 Å². The molecule has 0 radical (unpaired) electrons. The number of aromatic amines is 1. The number of likely N-dealkylation sites (tertiary alicyclic amines) is 1. The average Bonchev–Trinajstić information content (AvgIpc) is 3.09. The van der Waals surface area contributed by atoms with Crippen LogP contribution in [0.15, 0.2) is 30.6 Å². The van der Waals surface area contributed by atoms with E-state index in [0.29, 0.717) is 5.92 Å². The van der Waals surface area contributed by atoms with Crippen molar-refractivity contribution in [2.24, 2.45) is 11.3 Å². The van der Waals surface area contributed by atoms with E-state index in [2.05, 4.69) is 21.2 Å². The van der Waals surface area contributed by atoms with Gasteiger partial charge in [0.1, 0.15) is 0 Å². The van der Waals surface area contributed by atoms with Crippen LogP contribution in [0.5, 0.6) is 0 Å². The summed E-state index contributed by atoms with van der Waals surface area (Å²) in [4.78, 5) is 19.1. The second kappa shape index (κ2) is 6.75. The first-order chi connectivity index (χ1) is 11.4. The van der Waals surface area contributed by atoms with Gasteiger partial charge in [0.25, 0.3) is 0 Å². The highest BCUT2D eigenvalue weighted by atomic mass is 16.2. The van der Waals surface area contributed by atoms with Crippen LogP contribution in [0.25, 0.3) is 11.4 Å². The van der Waals surface area contributed by atoms with E-state index >= 15 is 0 Å². The summed E-state index contributed by atoms with van der Waals surface area (Å²) < 4.78 is 0. The van der Waals surface area contributed by atoms with Gasteiger partial charge in [0.05, 0.1) is 11.4 Å². The molecule has 1 fully saturated rings. The minimum Gasteiger partial charge on any atom is -0.342 e. The number of amides is 1. The van der Waals surface area contributed by atoms with Gasteiger partial charge in [-0.2, -0.15) is 5.10 Å². The molecule has 1 N–H and O–H groups in total. The van der Waals surface area contributed by atoms with E-state index in [1.54, 1.807) is 6.20 Å². The Balaban J connectivity index is 1.62. The molecular formula is C19H26N4O. The van der Waals surface area contributed by atoms with Crippen molar-refractivity contribution >= 4 is 5.91 Å². The van der Waals surface area contributed by atoms with Crippen LogP contribution in [0.4, 0.5) is 0 Å². The van der Waals surface area contributed by atoms with Gasteiger partial charge in [-0.05, 0) is 42.9 Å². The molecule has 0 saturated carbocycles. The minimum absolute atomic E-state index is 0.264. The van der Waals surface area contributed by atoms with Gasteiger partial charge in [-0.3, -0.25) is 14.9 Å². The molecule has 3 heterocycles. The Hall–Kier alpha value is -2.17. The third-order valence-corrected chi connectivity index (χ3v) is 4.57. The quantitative estimate of drug-likeness (QED) is 0.941. The highest BCUT2D eigenvalue weighted by Crippen LogP contribution is 2.25. The molecule has 2 aromatic rings. The van der Waals surface area contributed by atoms with E-state index in [1.165, 1.54) is 12.0 Å². The second-order valence-corrected chi connectivity index (χ2v) is 7.74. The van der Waals surface area contributed by atoms with Gasteiger partial charge in [-0.15, -0.1) is 0 Å². The molecule has 128 valence electrons. The topological polar surface area (TPSA) is 61.9 Å². The number of hydrogen-bond acceptors (Lipinski definition) is 3. The molecule has 5 heteroatoms. The van der Waals surface area contributed by atoms with E-state index in [4.69, 9.17) is 0 Å². The summed E-state index contributed by atoms with van der Waals surface area (Å²) in [5.74, 6) is 0.782. The Labute approximate surface area is 143 Å². The van der Waals surface area contributed by atoms with Crippen LogP contribution >= 0.6 is 0 Å². The molecule has 1 aliphatic rings. The first kappa shape index (κ1) is 16.7. The fourth-order valence-corrected chi connectivity index (χ4v) is 3.33. The first-order valence-electron chi connectivity index (χ1n) is 8.67. The summed E-state index contributed by atoms with van der Waals surface area (Å²) in [6.45, 7) is 7.74. The molecule has 1 saturated heterocycles. The summed E-state index contributed by atoms with van der Waals surface area (Å²) in [7, 11) is 0. The highest BCUT2D eigenvalue weighted by Gasteiger charge is 2.30. The van der Waals surface area contributed by atoms with Crippen molar-refractivity contribution in [3.8, 4) is 11.4 Å². The molecular weight excluding hydrogens is 300 g/mol. The molecule has 1 atom stereocenters. The minimum atomic E-state index is -0.296. The molecule has 1 amide bonds. The number of nitrogens with one attached hydrogen (secondary N) is 1. The van der Waals surface area contributed by atoms with Gasteiger partial charge in [0, 0.05) is 30.9 Å². The molecule has 2 aromatic heterocycles. The van der Waals surface area contributed by atoms with E-state index in [1.807, 2.05) is 44.0 Å². The fourth-order valence-electron chi connectivity index (χ4n) is 3.33. The third kappa shape index (κ3) is 3.83. The summed E-state index contributed by atoms with van der Waals surface area (Å²) in [6.07, 6.45) is 6.92. The lowest BCUT2D eigenvalue weighted by Gasteiger charge is -2.36. The molecule has 1 aliphatic heterocycles. The first-order valence-corrected chi connectivity index (χ1v) is 8.67. The number of aromatic nitrogens is 3. The zero-order valence-corrected chi connectivity index (χ0v) is 14.7. The standard InChI is InChI=1S/C19H26N4O/c1-19(2,3)18(24)23-10-4-5-15(13-23)11-14-6-7-16(20-12-14)17-8-9-21-22-17/h6-9,12,15H,4-5,10-11,13H2,1-3H3,(H,21,22). The van der Waals surface area contributed by atoms with Gasteiger partial charge in [0.2, 0.25) is 5.91 Å². The van der Waals surface area contributed by atoms with Crippen LogP contribution in [-0.4, -0.2) is 39.1 Å². The summed E-state index contributed by atoms with van der Waals surface area (Å²) in [6, 6.07) is 6.08. The predicted octanol–water partition coefficient (Wildman–Crippen LogP) is 3.30. The van der Waals surface area contributed by atoms with Crippen molar-refractivity contribution in [3.05, 3.63) is 36.2 Å². The number of carbonyl (C=O) groups excluding carboxylic acids is 1. The number of hydrogen-bond donors (Lipinski definition) is 1. The largest absolute Gasteiger partial charge is 0.342 e. The number of piperidine rings is 1. The number of nitrogens with zero attached hydrogens (tertiary/aromatic N) is 3. The smallest absolute Gasteiger partial charge is 0.227 e. The van der Waals surface area contributed by atoms with E-state index < -0.39 is 0 Å². The maximum Gasteiger partial charge on any atom is 0.227 e. The lowest BCUT2D eigenvalue weighted by atomic mass is 9.88. The SMILES string of the molecule is CC(C)(C)C(=O)N1CCCC(Cc2ccc(-c3ccn[nH]3)nc2)C1.